The average molecular weight is 341 g/mol. The van der Waals surface area contributed by atoms with Crippen molar-refractivity contribution in [1.29, 1.82) is 0 Å². The topological polar surface area (TPSA) is 73.2 Å². The zero-order chi connectivity index (χ0) is 17.5. The van der Waals surface area contributed by atoms with Crippen LogP contribution in [-0.2, 0) is 6.54 Å². The lowest BCUT2D eigenvalue weighted by Gasteiger charge is -2.22. The van der Waals surface area contributed by atoms with Gasteiger partial charge >= 0.3 is 0 Å². The normalized spacial score (nSPS) is 14.9. The summed E-state index contributed by atoms with van der Waals surface area (Å²) in [6.45, 7) is 0.600. The summed E-state index contributed by atoms with van der Waals surface area (Å²) in [5, 5.41) is 7.20. The molecule has 1 aliphatic rings. The third-order valence-corrected chi connectivity index (χ3v) is 4.35. The van der Waals surface area contributed by atoms with E-state index in [0.717, 1.165) is 31.4 Å². The van der Waals surface area contributed by atoms with Crippen LogP contribution >= 0.6 is 0 Å². The number of benzene rings is 1. The molecule has 0 bridgehead atoms. The Morgan fingerprint density at radius 2 is 1.88 bits per heavy atom. The van der Waals surface area contributed by atoms with Gasteiger partial charge in [0.05, 0.1) is 6.54 Å². The van der Waals surface area contributed by atoms with E-state index in [4.69, 9.17) is 4.74 Å². The number of aromatic nitrogens is 2. The van der Waals surface area contributed by atoms with Gasteiger partial charge in [-0.3, -0.25) is 9.59 Å². The van der Waals surface area contributed by atoms with Gasteiger partial charge in [0.25, 0.3) is 11.5 Å². The zero-order valence-corrected chi connectivity index (χ0v) is 14.2. The summed E-state index contributed by atoms with van der Waals surface area (Å²) in [4.78, 5) is 24.3. The summed E-state index contributed by atoms with van der Waals surface area (Å²) in [7, 11) is 0. The van der Waals surface area contributed by atoms with Gasteiger partial charge in [-0.1, -0.05) is 37.5 Å². The van der Waals surface area contributed by atoms with Gasteiger partial charge in [0, 0.05) is 12.1 Å². The molecule has 1 fully saturated rings. The zero-order valence-electron chi connectivity index (χ0n) is 14.2. The van der Waals surface area contributed by atoms with Crippen molar-refractivity contribution in [2.75, 3.05) is 6.61 Å². The van der Waals surface area contributed by atoms with E-state index in [1.807, 2.05) is 30.3 Å². The van der Waals surface area contributed by atoms with Gasteiger partial charge in [0.15, 0.2) is 0 Å². The maximum Gasteiger partial charge on any atom is 0.271 e. The van der Waals surface area contributed by atoms with Crippen LogP contribution in [0.4, 0.5) is 0 Å². The SMILES string of the molecule is O=C(NC1CCCCC1)c1ccc(=O)n(CCOc2ccccc2)n1. The van der Waals surface area contributed by atoms with Gasteiger partial charge in [0.2, 0.25) is 0 Å². The maximum absolute atomic E-state index is 12.4. The van der Waals surface area contributed by atoms with Crippen LogP contribution in [0.5, 0.6) is 5.75 Å². The molecule has 1 amide bonds. The van der Waals surface area contributed by atoms with Crippen molar-refractivity contribution in [2.24, 2.45) is 0 Å². The van der Waals surface area contributed by atoms with Crippen LogP contribution in [0.25, 0.3) is 0 Å². The van der Waals surface area contributed by atoms with Gasteiger partial charge in [-0.25, -0.2) is 4.68 Å². The Morgan fingerprint density at radius 1 is 1.12 bits per heavy atom. The Morgan fingerprint density at radius 3 is 2.64 bits per heavy atom. The maximum atomic E-state index is 12.4. The molecule has 132 valence electrons. The quantitative estimate of drug-likeness (QED) is 0.875. The molecule has 0 saturated heterocycles. The van der Waals surface area contributed by atoms with E-state index in [2.05, 4.69) is 10.4 Å². The Hall–Kier alpha value is -2.63. The fraction of sp³-hybridized carbons (Fsp3) is 0.421. The van der Waals surface area contributed by atoms with Crippen LogP contribution < -0.4 is 15.6 Å². The molecule has 1 aromatic carbocycles. The predicted octanol–water partition coefficient (Wildman–Crippen LogP) is 2.38. The third-order valence-electron chi connectivity index (χ3n) is 4.35. The summed E-state index contributed by atoms with van der Waals surface area (Å²) in [6, 6.07) is 12.5. The smallest absolute Gasteiger partial charge is 0.271 e. The average Bonchev–Trinajstić information content (AvgIpc) is 2.65. The Kier molecular flexibility index (Phi) is 5.82. The standard InChI is InChI=1S/C19H23N3O3/c23-18-12-11-17(19(24)20-15-7-3-1-4-8-15)21-22(18)13-14-25-16-9-5-2-6-10-16/h2,5-6,9-12,15H,1,3-4,7-8,13-14H2,(H,20,24). The number of hydrogen-bond donors (Lipinski definition) is 1. The Labute approximate surface area is 146 Å². The van der Waals surface area contributed by atoms with E-state index >= 15 is 0 Å². The fourth-order valence-corrected chi connectivity index (χ4v) is 3.00. The lowest BCUT2D eigenvalue weighted by Crippen LogP contribution is -2.38. The van der Waals surface area contributed by atoms with E-state index < -0.39 is 0 Å². The molecule has 25 heavy (non-hydrogen) atoms. The molecule has 2 aromatic rings. The highest BCUT2D eigenvalue weighted by atomic mass is 16.5. The highest BCUT2D eigenvalue weighted by Gasteiger charge is 2.18. The number of hydrogen-bond acceptors (Lipinski definition) is 4. The van der Waals surface area contributed by atoms with Crippen molar-refractivity contribution in [3.8, 4) is 5.75 Å². The fourth-order valence-electron chi connectivity index (χ4n) is 3.00. The number of amides is 1. The largest absolute Gasteiger partial charge is 0.492 e. The number of carbonyl (C=O) groups is 1. The van der Waals surface area contributed by atoms with Crippen LogP contribution in [0.3, 0.4) is 0 Å². The monoisotopic (exact) mass is 341 g/mol. The van der Waals surface area contributed by atoms with Crippen molar-refractivity contribution in [3.63, 3.8) is 0 Å². The van der Waals surface area contributed by atoms with Gasteiger partial charge in [-0.05, 0) is 31.0 Å². The lowest BCUT2D eigenvalue weighted by molar-refractivity contribution is 0.0919. The second-order valence-electron chi connectivity index (χ2n) is 6.25. The molecule has 6 heteroatoms. The minimum absolute atomic E-state index is 0.213. The third kappa shape index (κ3) is 4.92. The molecule has 0 spiro atoms. The van der Waals surface area contributed by atoms with Crippen LogP contribution in [0.1, 0.15) is 42.6 Å². The van der Waals surface area contributed by atoms with E-state index in [1.165, 1.54) is 23.2 Å². The van der Waals surface area contributed by atoms with Crippen molar-refractivity contribution < 1.29 is 9.53 Å². The van der Waals surface area contributed by atoms with Crippen molar-refractivity contribution in [2.45, 2.75) is 44.7 Å². The molecule has 6 nitrogen and oxygen atoms in total. The Bertz CT molecular complexity index is 752. The minimum Gasteiger partial charge on any atom is -0.492 e. The van der Waals surface area contributed by atoms with Crippen molar-refractivity contribution >= 4 is 5.91 Å². The molecule has 0 aliphatic heterocycles. The van der Waals surface area contributed by atoms with Crippen LogP contribution in [0.2, 0.25) is 0 Å². The van der Waals surface area contributed by atoms with Gasteiger partial charge in [-0.15, -0.1) is 0 Å². The van der Waals surface area contributed by atoms with E-state index in [1.54, 1.807) is 0 Å². The molecular formula is C19H23N3O3. The molecule has 0 unspecified atom stereocenters. The molecular weight excluding hydrogens is 318 g/mol. The first-order valence-corrected chi connectivity index (χ1v) is 8.79. The summed E-state index contributed by atoms with van der Waals surface area (Å²) >= 11 is 0. The van der Waals surface area contributed by atoms with Gasteiger partial charge in [0.1, 0.15) is 18.1 Å². The van der Waals surface area contributed by atoms with E-state index in [-0.39, 0.29) is 29.7 Å². The summed E-state index contributed by atoms with van der Waals surface area (Å²) in [5.41, 5.74) is 0.0239. The second kappa shape index (κ2) is 8.46. The molecule has 1 saturated carbocycles. The lowest BCUT2D eigenvalue weighted by atomic mass is 9.95. The summed E-state index contributed by atoms with van der Waals surface area (Å²) < 4.78 is 6.86. The second-order valence-corrected chi connectivity index (χ2v) is 6.25. The molecule has 1 aromatic heterocycles. The highest BCUT2D eigenvalue weighted by molar-refractivity contribution is 5.92. The van der Waals surface area contributed by atoms with Crippen LogP contribution in [-0.4, -0.2) is 28.3 Å². The summed E-state index contributed by atoms with van der Waals surface area (Å²) in [5.74, 6) is 0.520. The van der Waals surface area contributed by atoms with Crippen LogP contribution in [0, 0.1) is 0 Å². The van der Waals surface area contributed by atoms with E-state index in [9.17, 15) is 9.59 Å². The number of nitrogens with zero attached hydrogens (tertiary/aromatic N) is 2. The minimum atomic E-state index is -0.245. The molecule has 1 aliphatic carbocycles. The summed E-state index contributed by atoms with van der Waals surface area (Å²) in [6.07, 6.45) is 5.55. The number of rotatable bonds is 6. The van der Waals surface area contributed by atoms with Crippen molar-refractivity contribution in [3.05, 3.63) is 58.5 Å². The molecule has 1 heterocycles. The van der Waals surface area contributed by atoms with Gasteiger partial charge < -0.3 is 10.1 Å². The first-order chi connectivity index (χ1) is 12.2. The molecule has 3 rings (SSSR count). The first kappa shape index (κ1) is 17.2. The number of para-hydroxylation sites is 1. The number of carbonyl (C=O) groups excluding carboxylic acids is 1. The molecule has 0 atom stereocenters. The number of nitrogens with one attached hydrogen (secondary N) is 1. The molecule has 1 N–H and O–H groups in total. The predicted molar refractivity (Wildman–Crippen MR) is 94.8 cm³/mol. The highest BCUT2D eigenvalue weighted by Crippen LogP contribution is 2.17. The van der Waals surface area contributed by atoms with Crippen LogP contribution in [0.15, 0.2) is 47.3 Å². The first-order valence-electron chi connectivity index (χ1n) is 8.79. The van der Waals surface area contributed by atoms with Gasteiger partial charge in [-0.2, -0.15) is 5.10 Å². The Balaban J connectivity index is 1.59. The van der Waals surface area contributed by atoms with E-state index in [0.29, 0.717) is 6.61 Å². The molecule has 0 radical (unpaired) electrons. The number of ether oxygens (including phenoxy) is 1. The van der Waals surface area contributed by atoms with Crippen molar-refractivity contribution in [1.82, 2.24) is 15.1 Å².